The average Bonchev–Trinajstić information content (AvgIpc) is 2.70. The minimum Gasteiger partial charge on any atom is -0.341 e. The number of nitrogens with zero attached hydrogens (tertiary/aromatic N) is 2. The highest BCUT2D eigenvalue weighted by Gasteiger charge is 2.42. The van der Waals surface area contributed by atoms with E-state index in [9.17, 15) is 18.0 Å². The zero-order chi connectivity index (χ0) is 23.8. The van der Waals surface area contributed by atoms with Crippen LogP contribution in [-0.2, 0) is 19.6 Å². The second-order valence-corrected chi connectivity index (χ2v) is 10.3. The van der Waals surface area contributed by atoms with E-state index < -0.39 is 27.9 Å². The monoisotopic (exact) mass is 478 g/mol. The van der Waals surface area contributed by atoms with Gasteiger partial charge in [0.05, 0.1) is 28.9 Å². The second kappa shape index (κ2) is 9.09. The summed E-state index contributed by atoms with van der Waals surface area (Å²) in [4.78, 5) is 27.5. The summed E-state index contributed by atoms with van der Waals surface area (Å²) in [6.45, 7) is 5.16. The fraction of sp³-hybridized carbons (Fsp3) is 0.364. The zero-order valence-corrected chi connectivity index (χ0v) is 20.2. The number of anilines is 2. The van der Waals surface area contributed by atoms with Crippen LogP contribution >= 0.6 is 11.6 Å². The maximum atomic E-state index is 13.9. The molecule has 0 fully saturated rings. The molecule has 0 saturated carbocycles. The third-order valence-electron chi connectivity index (χ3n) is 5.50. The molecule has 2 amide bonds. The largest absolute Gasteiger partial charge is 0.341 e. The van der Waals surface area contributed by atoms with E-state index in [2.05, 4.69) is 10.6 Å². The number of nitrogens with one attached hydrogen (secondary N) is 2. The third-order valence-corrected chi connectivity index (χ3v) is 7.87. The van der Waals surface area contributed by atoms with E-state index in [1.807, 2.05) is 0 Å². The molecule has 0 radical (unpaired) electrons. The first-order chi connectivity index (χ1) is 14.9. The van der Waals surface area contributed by atoms with Gasteiger partial charge in [-0.2, -0.15) is 0 Å². The number of benzene rings is 2. The summed E-state index contributed by atoms with van der Waals surface area (Å²) in [6, 6.07) is 8.45. The lowest BCUT2D eigenvalue weighted by Crippen LogP contribution is -2.54. The van der Waals surface area contributed by atoms with Crippen LogP contribution in [0.4, 0.5) is 11.4 Å². The van der Waals surface area contributed by atoms with Gasteiger partial charge in [0.2, 0.25) is 11.8 Å². The zero-order valence-electron chi connectivity index (χ0n) is 18.6. The Bertz CT molecular complexity index is 1170. The van der Waals surface area contributed by atoms with Crippen molar-refractivity contribution in [2.75, 3.05) is 23.7 Å². The summed E-state index contributed by atoms with van der Waals surface area (Å²) in [5.74, 6) is -1.00. The van der Waals surface area contributed by atoms with Crippen molar-refractivity contribution in [2.24, 2.45) is 0 Å². The normalized spacial score (nSPS) is 17.0. The van der Waals surface area contributed by atoms with Gasteiger partial charge < -0.3 is 10.6 Å². The maximum Gasteiger partial charge on any atom is 0.265 e. The molecule has 0 spiro atoms. The van der Waals surface area contributed by atoms with Gasteiger partial charge in [-0.25, -0.2) is 8.42 Å². The van der Waals surface area contributed by atoms with Crippen LogP contribution in [-0.4, -0.2) is 51.4 Å². The molecule has 2 N–H and O–H groups in total. The van der Waals surface area contributed by atoms with Crippen LogP contribution in [0.25, 0.3) is 0 Å². The van der Waals surface area contributed by atoms with E-state index in [1.54, 1.807) is 70.1 Å². The van der Waals surface area contributed by atoms with Gasteiger partial charge >= 0.3 is 0 Å². The molecule has 0 aromatic heterocycles. The first-order valence-electron chi connectivity index (χ1n) is 10.1. The Kier molecular flexibility index (Phi) is 6.83. The van der Waals surface area contributed by atoms with E-state index >= 15 is 0 Å². The molecule has 0 saturated heterocycles. The van der Waals surface area contributed by atoms with Crippen LogP contribution < -0.4 is 14.9 Å². The van der Waals surface area contributed by atoms with E-state index in [0.717, 1.165) is 4.31 Å². The first-order valence-corrected chi connectivity index (χ1v) is 11.9. The van der Waals surface area contributed by atoms with Gasteiger partial charge in [-0.1, -0.05) is 23.7 Å². The molecule has 2 aromatic carbocycles. The lowest BCUT2D eigenvalue weighted by molar-refractivity contribution is -0.126. The van der Waals surface area contributed by atoms with Crippen LogP contribution in [0.1, 0.15) is 24.5 Å². The highest BCUT2D eigenvalue weighted by molar-refractivity contribution is 7.93. The number of para-hydroxylation sites is 2. The Morgan fingerprint density at radius 1 is 1.22 bits per heavy atom. The SMILES string of the molecule is Cc1cc(S(=O)(=O)N2c3ccccc3NC(=O)C2CC(=O)NC(C)N(C)C)c(C)cc1Cl. The molecule has 1 aliphatic heterocycles. The van der Waals surface area contributed by atoms with Crippen molar-refractivity contribution in [2.45, 2.75) is 44.3 Å². The Balaban J connectivity index is 2.10. The number of carbonyl (C=O) groups excluding carboxylic acids is 2. The second-order valence-electron chi connectivity index (χ2n) is 8.10. The molecule has 10 heteroatoms. The van der Waals surface area contributed by atoms with Crippen molar-refractivity contribution in [1.82, 2.24) is 10.2 Å². The molecule has 2 atom stereocenters. The highest BCUT2D eigenvalue weighted by atomic mass is 35.5. The molecule has 2 unspecified atom stereocenters. The fourth-order valence-corrected chi connectivity index (χ4v) is 5.61. The number of aryl methyl sites for hydroxylation is 2. The smallest absolute Gasteiger partial charge is 0.265 e. The summed E-state index contributed by atoms with van der Waals surface area (Å²) < 4.78 is 28.8. The van der Waals surface area contributed by atoms with Gasteiger partial charge in [0.1, 0.15) is 6.04 Å². The highest BCUT2D eigenvalue weighted by Crippen LogP contribution is 2.38. The molecule has 2 aromatic rings. The predicted octanol–water partition coefficient (Wildman–Crippen LogP) is 2.89. The van der Waals surface area contributed by atoms with Gasteiger partial charge in [-0.15, -0.1) is 0 Å². The van der Waals surface area contributed by atoms with Crippen molar-refractivity contribution in [1.29, 1.82) is 0 Å². The number of sulfonamides is 1. The third kappa shape index (κ3) is 4.60. The van der Waals surface area contributed by atoms with E-state index in [-0.39, 0.29) is 17.5 Å². The maximum absolute atomic E-state index is 13.9. The first kappa shape index (κ1) is 24.0. The van der Waals surface area contributed by atoms with Crippen molar-refractivity contribution < 1.29 is 18.0 Å². The van der Waals surface area contributed by atoms with Crippen molar-refractivity contribution in [3.8, 4) is 0 Å². The van der Waals surface area contributed by atoms with Crippen LogP contribution in [0.5, 0.6) is 0 Å². The van der Waals surface area contributed by atoms with Crippen LogP contribution in [0, 0.1) is 13.8 Å². The Hall–Kier alpha value is -2.62. The number of hydrogen-bond donors (Lipinski definition) is 2. The molecule has 3 rings (SSSR count). The number of carbonyl (C=O) groups is 2. The summed E-state index contributed by atoms with van der Waals surface area (Å²) in [5, 5.41) is 5.95. The molecule has 172 valence electrons. The van der Waals surface area contributed by atoms with E-state index in [0.29, 0.717) is 27.5 Å². The van der Waals surface area contributed by atoms with Gasteiger partial charge in [0.15, 0.2) is 0 Å². The van der Waals surface area contributed by atoms with Gasteiger partial charge in [-0.05, 0) is 70.3 Å². The van der Waals surface area contributed by atoms with Crippen molar-refractivity contribution >= 4 is 44.8 Å². The molecule has 0 bridgehead atoms. The van der Waals surface area contributed by atoms with Crippen LogP contribution in [0.15, 0.2) is 41.3 Å². The summed E-state index contributed by atoms with van der Waals surface area (Å²) in [6.07, 6.45) is -0.615. The number of fused-ring (bicyclic) bond motifs is 1. The van der Waals surface area contributed by atoms with Crippen LogP contribution in [0.2, 0.25) is 5.02 Å². The Morgan fingerprint density at radius 2 is 1.88 bits per heavy atom. The van der Waals surface area contributed by atoms with Gasteiger partial charge in [0, 0.05) is 5.02 Å². The van der Waals surface area contributed by atoms with E-state index in [1.165, 1.54) is 6.07 Å². The summed E-state index contributed by atoms with van der Waals surface area (Å²) in [5.41, 5.74) is 1.72. The molecule has 1 aliphatic rings. The molecule has 8 nitrogen and oxygen atoms in total. The lowest BCUT2D eigenvalue weighted by atomic mass is 10.1. The van der Waals surface area contributed by atoms with Gasteiger partial charge in [0.25, 0.3) is 10.0 Å². The molecule has 32 heavy (non-hydrogen) atoms. The van der Waals surface area contributed by atoms with E-state index in [4.69, 9.17) is 11.6 Å². The number of halogens is 1. The summed E-state index contributed by atoms with van der Waals surface area (Å²) in [7, 11) is -0.589. The Labute approximate surface area is 193 Å². The predicted molar refractivity (Wildman–Crippen MR) is 125 cm³/mol. The minimum absolute atomic E-state index is 0.0379. The number of amides is 2. The molecule has 0 aliphatic carbocycles. The van der Waals surface area contributed by atoms with Crippen molar-refractivity contribution in [3.63, 3.8) is 0 Å². The number of hydrogen-bond acceptors (Lipinski definition) is 5. The lowest BCUT2D eigenvalue weighted by Gasteiger charge is -2.37. The quantitative estimate of drug-likeness (QED) is 0.622. The molecular formula is C22H27ClN4O4S. The van der Waals surface area contributed by atoms with Gasteiger partial charge in [-0.3, -0.25) is 18.8 Å². The molecular weight excluding hydrogens is 452 g/mol. The standard InChI is InChI=1S/C22H27ClN4O4S/c1-13-11-20(14(2)10-16(13)23)32(30,31)27-18-9-7-6-8-17(18)25-22(29)19(27)12-21(28)24-15(3)26(4)5/h6-11,15,19H,12H2,1-5H3,(H,24,28)(H,25,29). The average molecular weight is 479 g/mol. The molecule has 1 heterocycles. The number of rotatable bonds is 6. The summed E-state index contributed by atoms with van der Waals surface area (Å²) >= 11 is 6.17. The van der Waals surface area contributed by atoms with Crippen LogP contribution in [0.3, 0.4) is 0 Å². The topological polar surface area (TPSA) is 98.8 Å². The Morgan fingerprint density at radius 3 is 2.53 bits per heavy atom. The minimum atomic E-state index is -4.19. The van der Waals surface area contributed by atoms with Crippen molar-refractivity contribution in [3.05, 3.63) is 52.5 Å². The fourth-order valence-electron chi connectivity index (χ4n) is 3.47.